The number of hydrogen-bond acceptors (Lipinski definition) is 3. The van der Waals surface area contributed by atoms with E-state index in [4.69, 9.17) is 16.7 Å². The van der Waals surface area contributed by atoms with E-state index >= 15 is 0 Å². The number of nitrogens with one attached hydrogen (secondary N) is 1. The van der Waals surface area contributed by atoms with Gasteiger partial charge in [-0.3, -0.25) is 9.69 Å². The Hall–Kier alpha value is -1.17. The number of nitrogens with zero attached hydrogens (tertiary/aromatic N) is 1. The van der Waals surface area contributed by atoms with Gasteiger partial charge in [-0.1, -0.05) is 17.7 Å². The molecule has 24 heavy (non-hydrogen) atoms. The van der Waals surface area contributed by atoms with Crippen LogP contribution in [0.25, 0.3) is 0 Å². The second kappa shape index (κ2) is 8.79. The zero-order chi connectivity index (χ0) is 17.7. The monoisotopic (exact) mass is 356 g/mol. The Balaban J connectivity index is 2.03. The molecule has 2 N–H and O–H groups in total. The lowest BCUT2D eigenvalue weighted by Crippen LogP contribution is -2.39. The molecule has 134 valence electrons. The van der Waals surface area contributed by atoms with Crippen molar-refractivity contribution in [1.82, 2.24) is 10.2 Å². The number of benzene rings is 1. The molecule has 1 heterocycles. The Morgan fingerprint density at radius 1 is 1.46 bits per heavy atom. The standard InChI is InChI=1S/C18H26ClFN2O2/c1-12(2)22-10-8-16(21-9-4-3-5-17(23)24)18(22)13-6-7-14(19)15(20)11-13/h6-7,11-12,16,18,21H,3-5,8-10H2,1-2H3,(H,23,24). The molecule has 2 unspecified atom stereocenters. The zero-order valence-electron chi connectivity index (χ0n) is 14.3. The van der Waals surface area contributed by atoms with Gasteiger partial charge in [0.05, 0.1) is 11.1 Å². The number of carbonyl (C=O) groups is 1. The van der Waals surface area contributed by atoms with Crippen molar-refractivity contribution in [2.75, 3.05) is 13.1 Å². The Kier molecular flexibility index (Phi) is 7.02. The summed E-state index contributed by atoms with van der Waals surface area (Å²) in [5, 5.41) is 12.4. The van der Waals surface area contributed by atoms with Gasteiger partial charge in [0.1, 0.15) is 5.82 Å². The van der Waals surface area contributed by atoms with Crippen molar-refractivity contribution in [3.05, 3.63) is 34.6 Å². The smallest absolute Gasteiger partial charge is 0.303 e. The average molecular weight is 357 g/mol. The van der Waals surface area contributed by atoms with E-state index in [1.54, 1.807) is 6.07 Å². The molecule has 0 aromatic heterocycles. The predicted octanol–water partition coefficient (Wildman–Crippen LogP) is 3.85. The molecule has 0 radical (unpaired) electrons. The molecule has 2 atom stereocenters. The summed E-state index contributed by atoms with van der Waals surface area (Å²) in [6.45, 7) is 6.03. The van der Waals surface area contributed by atoms with E-state index in [0.717, 1.165) is 31.5 Å². The number of carboxylic acids is 1. The second-order valence-electron chi connectivity index (χ2n) is 6.65. The molecule has 0 saturated carbocycles. The number of rotatable bonds is 8. The normalized spacial score (nSPS) is 21.5. The highest BCUT2D eigenvalue weighted by Crippen LogP contribution is 2.35. The van der Waals surface area contributed by atoms with E-state index < -0.39 is 5.97 Å². The summed E-state index contributed by atoms with van der Waals surface area (Å²) in [7, 11) is 0. The maximum absolute atomic E-state index is 13.9. The lowest BCUT2D eigenvalue weighted by molar-refractivity contribution is -0.137. The molecule has 1 saturated heterocycles. The summed E-state index contributed by atoms with van der Waals surface area (Å²) < 4.78 is 13.9. The molecule has 2 rings (SSSR count). The molecule has 1 aliphatic rings. The summed E-state index contributed by atoms with van der Waals surface area (Å²) in [5.41, 5.74) is 0.936. The van der Waals surface area contributed by atoms with E-state index in [-0.39, 0.29) is 29.3 Å². The molecule has 1 aromatic rings. The molecule has 1 aliphatic heterocycles. The first kappa shape index (κ1) is 19.2. The van der Waals surface area contributed by atoms with E-state index in [1.165, 1.54) is 6.07 Å². The summed E-state index contributed by atoms with van der Waals surface area (Å²) >= 11 is 5.81. The van der Waals surface area contributed by atoms with Crippen LogP contribution < -0.4 is 5.32 Å². The van der Waals surface area contributed by atoms with E-state index in [0.29, 0.717) is 12.5 Å². The number of carboxylic acid groups (broad SMARTS) is 1. The van der Waals surface area contributed by atoms with Crippen molar-refractivity contribution in [3.63, 3.8) is 0 Å². The van der Waals surface area contributed by atoms with Gasteiger partial charge in [-0.15, -0.1) is 0 Å². The number of halogens is 2. The lowest BCUT2D eigenvalue weighted by atomic mass is 9.99. The van der Waals surface area contributed by atoms with Crippen LogP contribution in [0.1, 0.15) is 51.1 Å². The fourth-order valence-electron chi connectivity index (χ4n) is 3.42. The van der Waals surface area contributed by atoms with Crippen LogP contribution in [0.3, 0.4) is 0 Å². The third-order valence-corrected chi connectivity index (χ3v) is 4.92. The molecular weight excluding hydrogens is 331 g/mol. The Bertz CT molecular complexity index is 568. The minimum atomic E-state index is -0.753. The molecule has 0 bridgehead atoms. The highest BCUT2D eigenvalue weighted by Gasteiger charge is 2.36. The summed E-state index contributed by atoms with van der Waals surface area (Å²) in [6, 6.07) is 5.76. The van der Waals surface area contributed by atoms with Gasteiger partial charge in [0.15, 0.2) is 0 Å². The van der Waals surface area contributed by atoms with Crippen LogP contribution in [0.2, 0.25) is 5.02 Å². The van der Waals surface area contributed by atoms with Crippen molar-refractivity contribution in [2.24, 2.45) is 0 Å². The third-order valence-electron chi connectivity index (χ3n) is 4.61. The van der Waals surface area contributed by atoms with Gasteiger partial charge in [0, 0.05) is 25.0 Å². The maximum Gasteiger partial charge on any atom is 0.303 e. The fourth-order valence-corrected chi connectivity index (χ4v) is 3.54. The Labute approximate surface area is 148 Å². The van der Waals surface area contributed by atoms with Crippen LogP contribution >= 0.6 is 11.6 Å². The first-order valence-electron chi connectivity index (χ1n) is 8.56. The number of aliphatic carboxylic acids is 1. The molecule has 0 aliphatic carbocycles. The fraction of sp³-hybridized carbons (Fsp3) is 0.611. The minimum Gasteiger partial charge on any atom is -0.481 e. The van der Waals surface area contributed by atoms with Crippen molar-refractivity contribution < 1.29 is 14.3 Å². The SMILES string of the molecule is CC(C)N1CCC(NCCCCC(=O)O)C1c1ccc(Cl)c(F)c1. The molecule has 0 spiro atoms. The van der Waals surface area contributed by atoms with Crippen molar-refractivity contribution in [3.8, 4) is 0 Å². The first-order chi connectivity index (χ1) is 11.4. The Morgan fingerprint density at radius 3 is 2.83 bits per heavy atom. The lowest BCUT2D eigenvalue weighted by Gasteiger charge is -2.32. The zero-order valence-corrected chi connectivity index (χ0v) is 15.0. The summed E-state index contributed by atoms with van der Waals surface area (Å²) in [4.78, 5) is 12.9. The van der Waals surface area contributed by atoms with E-state index in [2.05, 4.69) is 24.1 Å². The molecule has 6 heteroatoms. The van der Waals surface area contributed by atoms with Gasteiger partial charge in [0.25, 0.3) is 0 Å². The van der Waals surface area contributed by atoms with Crippen molar-refractivity contribution in [2.45, 2.75) is 57.7 Å². The van der Waals surface area contributed by atoms with Crippen molar-refractivity contribution in [1.29, 1.82) is 0 Å². The maximum atomic E-state index is 13.9. The highest BCUT2D eigenvalue weighted by atomic mass is 35.5. The quantitative estimate of drug-likeness (QED) is 0.695. The second-order valence-corrected chi connectivity index (χ2v) is 7.06. The van der Waals surface area contributed by atoms with E-state index in [9.17, 15) is 9.18 Å². The van der Waals surface area contributed by atoms with Gasteiger partial charge < -0.3 is 10.4 Å². The summed E-state index contributed by atoms with van der Waals surface area (Å²) in [6.07, 6.45) is 2.69. The van der Waals surface area contributed by atoms with Crippen LogP contribution in [0, 0.1) is 5.82 Å². The number of unbranched alkanes of at least 4 members (excludes halogenated alkanes) is 1. The van der Waals surface area contributed by atoms with Crippen LogP contribution in [-0.4, -0.2) is 41.1 Å². The largest absolute Gasteiger partial charge is 0.481 e. The number of likely N-dealkylation sites (tertiary alicyclic amines) is 1. The highest BCUT2D eigenvalue weighted by molar-refractivity contribution is 6.30. The molecule has 0 amide bonds. The van der Waals surface area contributed by atoms with Gasteiger partial charge in [-0.05, 0) is 57.4 Å². The van der Waals surface area contributed by atoms with Gasteiger partial charge in [-0.2, -0.15) is 0 Å². The summed E-state index contributed by atoms with van der Waals surface area (Å²) in [5.74, 6) is -1.14. The van der Waals surface area contributed by atoms with Crippen LogP contribution in [0.4, 0.5) is 4.39 Å². The van der Waals surface area contributed by atoms with Crippen LogP contribution in [0.5, 0.6) is 0 Å². The van der Waals surface area contributed by atoms with Crippen molar-refractivity contribution >= 4 is 17.6 Å². The van der Waals surface area contributed by atoms with Gasteiger partial charge >= 0.3 is 5.97 Å². The van der Waals surface area contributed by atoms with Gasteiger partial charge in [-0.25, -0.2) is 4.39 Å². The van der Waals surface area contributed by atoms with Gasteiger partial charge in [0.2, 0.25) is 0 Å². The van der Waals surface area contributed by atoms with Crippen LogP contribution in [0.15, 0.2) is 18.2 Å². The predicted molar refractivity (Wildman–Crippen MR) is 93.9 cm³/mol. The average Bonchev–Trinajstić information content (AvgIpc) is 2.93. The molecule has 1 fully saturated rings. The first-order valence-corrected chi connectivity index (χ1v) is 8.94. The molecular formula is C18H26ClFN2O2. The van der Waals surface area contributed by atoms with E-state index in [1.807, 2.05) is 6.07 Å². The molecule has 1 aromatic carbocycles. The van der Waals surface area contributed by atoms with Crippen LogP contribution in [-0.2, 0) is 4.79 Å². The Morgan fingerprint density at radius 2 is 2.21 bits per heavy atom. The minimum absolute atomic E-state index is 0.108. The number of hydrogen-bond donors (Lipinski definition) is 2. The third kappa shape index (κ3) is 4.91. The topological polar surface area (TPSA) is 52.6 Å². The molecule has 4 nitrogen and oxygen atoms in total.